The number of rotatable bonds is 5. The zero-order valence-electron chi connectivity index (χ0n) is 15.6. The van der Waals surface area contributed by atoms with Gasteiger partial charge in [0.2, 0.25) is 0 Å². The summed E-state index contributed by atoms with van der Waals surface area (Å²) in [4.78, 5) is 24.6. The fourth-order valence-electron chi connectivity index (χ4n) is 3.21. The van der Waals surface area contributed by atoms with Crippen LogP contribution in [-0.2, 0) is 0 Å². The van der Waals surface area contributed by atoms with Crippen molar-refractivity contribution in [3.63, 3.8) is 0 Å². The van der Waals surface area contributed by atoms with Crippen LogP contribution in [0.4, 0.5) is 0 Å². The average molecular weight is 366 g/mol. The van der Waals surface area contributed by atoms with Gasteiger partial charge in [0.1, 0.15) is 0 Å². The van der Waals surface area contributed by atoms with E-state index in [2.05, 4.69) is 16.9 Å². The lowest BCUT2D eigenvalue weighted by Gasteiger charge is -2.27. The van der Waals surface area contributed by atoms with E-state index in [0.29, 0.717) is 5.56 Å². The number of amides is 1. The highest BCUT2D eigenvalue weighted by atomic mass is 32.1. The monoisotopic (exact) mass is 365 g/mol. The maximum Gasteiger partial charge on any atom is 0.254 e. The summed E-state index contributed by atoms with van der Waals surface area (Å²) >= 11 is 1.68. The Hall–Kier alpha value is -2.53. The first-order valence-corrected chi connectivity index (χ1v) is 9.54. The molecule has 1 aromatic carbocycles. The lowest BCUT2D eigenvalue weighted by Crippen LogP contribution is -2.31. The minimum Gasteiger partial charge on any atom is -0.335 e. The maximum absolute atomic E-state index is 12.9. The quantitative estimate of drug-likeness (QED) is 0.636. The molecule has 4 nitrogen and oxygen atoms in total. The van der Waals surface area contributed by atoms with Crippen LogP contribution in [0.1, 0.15) is 46.0 Å². The molecule has 0 saturated carbocycles. The van der Waals surface area contributed by atoms with E-state index < -0.39 is 0 Å². The molecule has 0 aliphatic carbocycles. The number of carbonyl (C=O) groups excluding carboxylic acids is 1. The Morgan fingerprint density at radius 3 is 2.46 bits per heavy atom. The molecule has 1 atom stereocenters. The van der Waals surface area contributed by atoms with E-state index in [1.807, 2.05) is 63.5 Å². The first-order chi connectivity index (χ1) is 12.5. The second-order valence-corrected chi connectivity index (χ2v) is 7.55. The molecule has 0 spiro atoms. The zero-order valence-corrected chi connectivity index (χ0v) is 16.4. The van der Waals surface area contributed by atoms with Crippen molar-refractivity contribution in [3.05, 3.63) is 70.6 Å². The Balaban J connectivity index is 1.82. The molecule has 0 aliphatic heterocycles. The van der Waals surface area contributed by atoms with Crippen molar-refractivity contribution < 1.29 is 4.79 Å². The SMILES string of the molecule is CC[C@@H](c1cccnc1)N(C)C(=O)c1ccc(-c2sc(C)nc2C)cc1. The third kappa shape index (κ3) is 3.68. The van der Waals surface area contributed by atoms with Crippen molar-refractivity contribution in [2.24, 2.45) is 0 Å². The van der Waals surface area contributed by atoms with Gasteiger partial charge in [0.25, 0.3) is 5.91 Å². The average Bonchev–Trinajstić information content (AvgIpc) is 3.01. The molecular formula is C21H23N3OS. The molecule has 0 saturated heterocycles. The molecule has 0 N–H and O–H groups in total. The number of carbonyl (C=O) groups is 1. The second-order valence-electron chi connectivity index (χ2n) is 6.35. The summed E-state index contributed by atoms with van der Waals surface area (Å²) in [6.45, 7) is 6.11. The second kappa shape index (κ2) is 7.79. The fourth-order valence-corrected chi connectivity index (χ4v) is 4.14. The maximum atomic E-state index is 12.9. The predicted octanol–water partition coefficient (Wildman–Crippen LogP) is 5.05. The van der Waals surface area contributed by atoms with Crippen molar-refractivity contribution in [2.45, 2.75) is 33.2 Å². The molecule has 3 aromatic rings. The number of aromatic nitrogens is 2. The van der Waals surface area contributed by atoms with Gasteiger partial charge in [0.15, 0.2) is 0 Å². The van der Waals surface area contributed by atoms with Gasteiger partial charge in [-0.05, 0) is 49.6 Å². The van der Waals surface area contributed by atoms with Crippen LogP contribution in [0.2, 0.25) is 0 Å². The Kier molecular flexibility index (Phi) is 5.47. The number of thiazole rings is 1. The van der Waals surface area contributed by atoms with E-state index in [9.17, 15) is 4.79 Å². The molecule has 134 valence electrons. The highest BCUT2D eigenvalue weighted by Crippen LogP contribution is 2.30. The predicted molar refractivity (Wildman–Crippen MR) is 106 cm³/mol. The largest absolute Gasteiger partial charge is 0.335 e. The standard InChI is InChI=1S/C21H23N3OS/c1-5-19(18-7-6-12-22-13-18)24(4)21(25)17-10-8-16(9-11-17)20-14(2)23-15(3)26-20/h6-13,19H,5H2,1-4H3/t19-/m0/s1. The molecule has 3 rings (SSSR count). The molecule has 5 heteroatoms. The molecule has 0 radical (unpaired) electrons. The van der Waals surface area contributed by atoms with Gasteiger partial charge < -0.3 is 4.90 Å². The Morgan fingerprint density at radius 1 is 1.19 bits per heavy atom. The van der Waals surface area contributed by atoms with Crippen molar-refractivity contribution >= 4 is 17.2 Å². The minimum absolute atomic E-state index is 0.0160. The topological polar surface area (TPSA) is 46.1 Å². The minimum atomic E-state index is 0.0160. The van der Waals surface area contributed by atoms with Gasteiger partial charge in [-0.2, -0.15) is 0 Å². The van der Waals surface area contributed by atoms with E-state index in [-0.39, 0.29) is 11.9 Å². The van der Waals surface area contributed by atoms with E-state index >= 15 is 0 Å². The van der Waals surface area contributed by atoms with Crippen molar-refractivity contribution in [2.75, 3.05) is 7.05 Å². The van der Waals surface area contributed by atoms with Gasteiger partial charge in [0.05, 0.1) is 21.6 Å². The van der Waals surface area contributed by atoms with Crippen LogP contribution in [0.15, 0.2) is 48.8 Å². The molecule has 0 unspecified atom stereocenters. The number of aryl methyl sites for hydroxylation is 2. The molecule has 0 bridgehead atoms. The lowest BCUT2D eigenvalue weighted by atomic mass is 10.0. The van der Waals surface area contributed by atoms with Gasteiger partial charge in [-0.3, -0.25) is 9.78 Å². The van der Waals surface area contributed by atoms with Crippen LogP contribution in [0.5, 0.6) is 0 Å². The molecule has 2 aromatic heterocycles. The first-order valence-electron chi connectivity index (χ1n) is 8.72. The third-order valence-electron chi connectivity index (χ3n) is 4.54. The number of hydrogen-bond acceptors (Lipinski definition) is 4. The molecule has 0 aliphatic rings. The van der Waals surface area contributed by atoms with Gasteiger partial charge in [0, 0.05) is 25.0 Å². The van der Waals surface area contributed by atoms with Gasteiger partial charge in [-0.25, -0.2) is 4.98 Å². The summed E-state index contributed by atoms with van der Waals surface area (Å²) in [5.74, 6) is 0.0180. The highest BCUT2D eigenvalue weighted by Gasteiger charge is 2.21. The van der Waals surface area contributed by atoms with E-state index in [0.717, 1.165) is 33.1 Å². The number of pyridine rings is 1. The van der Waals surface area contributed by atoms with Crippen molar-refractivity contribution in [1.82, 2.24) is 14.9 Å². The van der Waals surface area contributed by atoms with Crippen LogP contribution in [0.25, 0.3) is 10.4 Å². The molecular weight excluding hydrogens is 342 g/mol. The first kappa shape index (κ1) is 18.3. The summed E-state index contributed by atoms with van der Waals surface area (Å²) in [5, 5.41) is 1.06. The van der Waals surface area contributed by atoms with Crippen LogP contribution >= 0.6 is 11.3 Å². The molecule has 1 amide bonds. The van der Waals surface area contributed by atoms with E-state index in [1.54, 1.807) is 22.4 Å². The Morgan fingerprint density at radius 2 is 1.92 bits per heavy atom. The lowest BCUT2D eigenvalue weighted by molar-refractivity contribution is 0.0726. The fraction of sp³-hybridized carbons (Fsp3) is 0.286. The highest BCUT2D eigenvalue weighted by molar-refractivity contribution is 7.15. The van der Waals surface area contributed by atoms with Gasteiger partial charge >= 0.3 is 0 Å². The Labute approximate surface area is 158 Å². The normalized spacial score (nSPS) is 12.0. The van der Waals surface area contributed by atoms with Gasteiger partial charge in [-0.1, -0.05) is 25.1 Å². The number of benzene rings is 1. The summed E-state index contributed by atoms with van der Waals surface area (Å²) in [7, 11) is 1.86. The van der Waals surface area contributed by atoms with E-state index in [4.69, 9.17) is 0 Å². The van der Waals surface area contributed by atoms with Crippen molar-refractivity contribution in [1.29, 1.82) is 0 Å². The summed E-state index contributed by atoms with van der Waals surface area (Å²) < 4.78 is 0. The summed E-state index contributed by atoms with van der Waals surface area (Å²) in [6.07, 6.45) is 4.42. The molecule has 0 fully saturated rings. The summed E-state index contributed by atoms with van der Waals surface area (Å²) in [6, 6.07) is 11.8. The third-order valence-corrected chi connectivity index (χ3v) is 5.66. The number of hydrogen-bond donors (Lipinski definition) is 0. The van der Waals surface area contributed by atoms with Crippen LogP contribution in [0, 0.1) is 13.8 Å². The number of nitrogens with zero attached hydrogens (tertiary/aromatic N) is 3. The zero-order chi connectivity index (χ0) is 18.7. The smallest absolute Gasteiger partial charge is 0.254 e. The van der Waals surface area contributed by atoms with Crippen molar-refractivity contribution in [3.8, 4) is 10.4 Å². The van der Waals surface area contributed by atoms with Crippen LogP contribution in [0.3, 0.4) is 0 Å². The van der Waals surface area contributed by atoms with Gasteiger partial charge in [-0.15, -0.1) is 11.3 Å². The molecule has 26 heavy (non-hydrogen) atoms. The van der Waals surface area contributed by atoms with E-state index in [1.165, 1.54) is 0 Å². The van der Waals surface area contributed by atoms with Crippen LogP contribution < -0.4 is 0 Å². The Bertz CT molecular complexity index is 887. The summed E-state index contributed by atoms with van der Waals surface area (Å²) in [5.41, 5.74) is 3.88. The van der Waals surface area contributed by atoms with Crippen LogP contribution in [-0.4, -0.2) is 27.8 Å². The molecule has 2 heterocycles.